The maximum absolute atomic E-state index is 13.7. The van der Waals surface area contributed by atoms with Crippen molar-refractivity contribution in [3.8, 4) is 0 Å². The number of nitrogens with one attached hydrogen (secondary N) is 1. The Labute approximate surface area is 161 Å². The lowest BCUT2D eigenvalue weighted by atomic mass is 10.1. The summed E-state index contributed by atoms with van der Waals surface area (Å²) in [6.45, 7) is 0.804. The van der Waals surface area contributed by atoms with Gasteiger partial charge in [-0.1, -0.05) is 17.7 Å². The van der Waals surface area contributed by atoms with Gasteiger partial charge in [-0.3, -0.25) is 10.1 Å². The van der Waals surface area contributed by atoms with Gasteiger partial charge in [-0.25, -0.2) is 9.18 Å². The van der Waals surface area contributed by atoms with Gasteiger partial charge in [0.05, 0.1) is 15.5 Å². The lowest BCUT2D eigenvalue weighted by Gasteiger charge is -2.16. The number of hydrogen-bond donors (Lipinski definition) is 1. The minimum atomic E-state index is -4.76. The van der Waals surface area contributed by atoms with Crippen molar-refractivity contribution in [2.45, 2.75) is 25.7 Å². The number of nitro benzene ring substituents is 1. The van der Waals surface area contributed by atoms with Gasteiger partial charge >= 0.3 is 12.1 Å². The molecule has 28 heavy (non-hydrogen) atoms. The summed E-state index contributed by atoms with van der Waals surface area (Å²) in [6, 6.07) is 4.59. The van der Waals surface area contributed by atoms with Crippen LogP contribution in [0.5, 0.6) is 0 Å². The van der Waals surface area contributed by atoms with Crippen molar-refractivity contribution in [1.82, 2.24) is 0 Å². The highest BCUT2D eigenvalue weighted by molar-refractivity contribution is 6.31. The summed E-state index contributed by atoms with van der Waals surface area (Å²) < 4.78 is 56.8. The van der Waals surface area contributed by atoms with E-state index in [-0.39, 0.29) is 16.3 Å². The zero-order valence-corrected chi connectivity index (χ0v) is 15.0. The lowest BCUT2D eigenvalue weighted by Crippen LogP contribution is -2.28. The first-order valence-corrected chi connectivity index (χ1v) is 8.10. The Morgan fingerprint density at radius 3 is 2.57 bits per heavy atom. The number of halogens is 5. The van der Waals surface area contributed by atoms with Crippen LogP contribution in [-0.4, -0.2) is 16.9 Å². The number of benzene rings is 2. The van der Waals surface area contributed by atoms with E-state index in [1.165, 1.54) is 19.1 Å². The van der Waals surface area contributed by atoms with Crippen molar-refractivity contribution in [3.63, 3.8) is 0 Å². The second kappa shape index (κ2) is 8.42. The zero-order chi connectivity index (χ0) is 21.1. The third-order valence-corrected chi connectivity index (χ3v) is 4.02. The molecule has 0 spiro atoms. The highest BCUT2D eigenvalue weighted by Crippen LogP contribution is 2.35. The van der Waals surface area contributed by atoms with Crippen LogP contribution in [0.2, 0.25) is 5.02 Å². The number of ether oxygens (including phenoxy) is 1. The van der Waals surface area contributed by atoms with Crippen LogP contribution in [0.4, 0.5) is 28.9 Å². The van der Waals surface area contributed by atoms with E-state index in [9.17, 15) is 32.5 Å². The molecule has 0 fully saturated rings. The molecule has 2 rings (SSSR count). The summed E-state index contributed by atoms with van der Waals surface area (Å²) >= 11 is 5.82. The second-order valence-corrected chi connectivity index (χ2v) is 6.07. The van der Waals surface area contributed by atoms with E-state index in [2.05, 4.69) is 5.32 Å². The molecule has 2 aromatic rings. The van der Waals surface area contributed by atoms with Crippen molar-refractivity contribution in [2.24, 2.45) is 0 Å². The molecule has 0 amide bonds. The van der Waals surface area contributed by atoms with Crippen LogP contribution < -0.4 is 5.32 Å². The van der Waals surface area contributed by atoms with Crippen LogP contribution in [0, 0.1) is 15.9 Å². The zero-order valence-electron chi connectivity index (χ0n) is 14.2. The topological polar surface area (TPSA) is 81.5 Å². The van der Waals surface area contributed by atoms with Gasteiger partial charge in [-0.15, -0.1) is 0 Å². The molecule has 0 saturated carbocycles. The molecule has 6 nitrogen and oxygen atoms in total. The second-order valence-electron chi connectivity index (χ2n) is 5.66. The first-order valence-electron chi connectivity index (χ1n) is 7.72. The monoisotopic (exact) mass is 420 g/mol. The van der Waals surface area contributed by atoms with Gasteiger partial charge in [0.25, 0.3) is 5.69 Å². The molecule has 2 aromatic carbocycles. The summed E-state index contributed by atoms with van der Waals surface area (Å²) in [7, 11) is 0. The van der Waals surface area contributed by atoms with Gasteiger partial charge in [0.1, 0.15) is 24.2 Å². The molecule has 0 aliphatic carbocycles. The Morgan fingerprint density at radius 2 is 2.00 bits per heavy atom. The maximum Gasteiger partial charge on any atom is 0.416 e. The van der Waals surface area contributed by atoms with Crippen molar-refractivity contribution >= 4 is 28.9 Å². The molecular weight excluding hydrogens is 408 g/mol. The van der Waals surface area contributed by atoms with Gasteiger partial charge in [-0.2, -0.15) is 13.2 Å². The minimum absolute atomic E-state index is 0.0480. The largest absolute Gasteiger partial charge is 0.459 e. The number of alkyl halides is 3. The van der Waals surface area contributed by atoms with E-state index >= 15 is 0 Å². The molecule has 0 unspecified atom stereocenters. The minimum Gasteiger partial charge on any atom is -0.459 e. The Balaban J connectivity index is 2.12. The van der Waals surface area contributed by atoms with Gasteiger partial charge < -0.3 is 10.1 Å². The van der Waals surface area contributed by atoms with Crippen LogP contribution in [0.25, 0.3) is 0 Å². The third kappa shape index (κ3) is 5.10. The molecule has 0 aliphatic heterocycles. The summed E-state index contributed by atoms with van der Waals surface area (Å²) in [5.74, 6) is -1.59. The van der Waals surface area contributed by atoms with Crippen molar-refractivity contribution in [1.29, 1.82) is 0 Å². The van der Waals surface area contributed by atoms with E-state index in [0.717, 1.165) is 12.1 Å². The highest BCUT2D eigenvalue weighted by atomic mass is 35.5. The van der Waals surface area contributed by atoms with E-state index in [0.29, 0.717) is 12.1 Å². The van der Waals surface area contributed by atoms with Gasteiger partial charge in [0.2, 0.25) is 0 Å². The quantitative estimate of drug-likeness (QED) is 0.309. The smallest absolute Gasteiger partial charge is 0.416 e. The number of carbonyl (C=O) groups excluding carboxylic acids is 1. The Hall–Kier alpha value is -2.88. The number of nitro groups is 1. The number of nitrogens with zero attached hydrogens (tertiary/aromatic N) is 1. The summed E-state index contributed by atoms with van der Waals surface area (Å²) in [6.07, 6.45) is -4.76. The Kier molecular flexibility index (Phi) is 6.45. The van der Waals surface area contributed by atoms with Crippen molar-refractivity contribution in [3.05, 3.63) is 68.5 Å². The van der Waals surface area contributed by atoms with Gasteiger partial charge in [0.15, 0.2) is 0 Å². The molecule has 150 valence electrons. The first-order chi connectivity index (χ1) is 13.0. The molecule has 0 saturated heterocycles. The van der Waals surface area contributed by atoms with E-state index < -0.39 is 46.8 Å². The normalized spacial score (nSPS) is 12.4. The van der Waals surface area contributed by atoms with Crippen LogP contribution in [-0.2, 0) is 22.3 Å². The van der Waals surface area contributed by atoms with Crippen LogP contribution in [0.3, 0.4) is 0 Å². The fourth-order valence-corrected chi connectivity index (χ4v) is 2.43. The first kappa shape index (κ1) is 21.4. The number of rotatable bonds is 6. The van der Waals surface area contributed by atoms with Crippen LogP contribution in [0.1, 0.15) is 18.1 Å². The molecule has 1 atom stereocenters. The molecule has 0 heterocycles. The predicted molar refractivity (Wildman–Crippen MR) is 92.4 cm³/mol. The third-order valence-electron chi connectivity index (χ3n) is 3.67. The summed E-state index contributed by atoms with van der Waals surface area (Å²) in [5.41, 5.74) is -2.41. The van der Waals surface area contributed by atoms with E-state index in [4.69, 9.17) is 16.3 Å². The molecule has 0 radical (unpaired) electrons. The molecular formula is C17H13ClF4N2O4. The average molecular weight is 421 g/mol. The highest BCUT2D eigenvalue weighted by Gasteiger charge is 2.33. The van der Waals surface area contributed by atoms with Gasteiger partial charge in [-0.05, 0) is 31.2 Å². The summed E-state index contributed by atoms with van der Waals surface area (Å²) in [4.78, 5) is 22.1. The van der Waals surface area contributed by atoms with Crippen molar-refractivity contribution in [2.75, 3.05) is 5.32 Å². The number of esters is 1. The van der Waals surface area contributed by atoms with E-state index in [1.807, 2.05) is 0 Å². The number of anilines is 1. The fourth-order valence-electron chi connectivity index (χ4n) is 2.21. The summed E-state index contributed by atoms with van der Waals surface area (Å²) in [5, 5.41) is 13.5. The van der Waals surface area contributed by atoms with Crippen LogP contribution in [0.15, 0.2) is 36.4 Å². The molecule has 1 N–H and O–H groups in total. The average Bonchev–Trinajstić information content (AvgIpc) is 2.60. The molecule has 0 bridgehead atoms. The fraction of sp³-hybridized carbons (Fsp3) is 0.235. The lowest BCUT2D eigenvalue weighted by molar-refractivity contribution is -0.384. The molecule has 0 aliphatic rings. The molecule has 0 aromatic heterocycles. The predicted octanol–water partition coefficient (Wildman–Crippen LogP) is 4.95. The van der Waals surface area contributed by atoms with Crippen molar-refractivity contribution < 1.29 is 32.0 Å². The number of carbonyl (C=O) groups is 1. The standard InChI is InChI=1S/C17H13ClF4N2O4/c1-9(16(25)28-8-11-12(18)3-2-4-13(11)19)23-14-6-5-10(17(20,21)22)7-15(14)24(26)27/h2-7,9,23H,8H2,1H3/t9-/m1/s1. The maximum atomic E-state index is 13.7. The Bertz CT molecular complexity index is 885. The van der Waals surface area contributed by atoms with E-state index in [1.54, 1.807) is 0 Å². The SMILES string of the molecule is C[C@@H](Nc1ccc(C(F)(F)F)cc1[N+](=O)[O-])C(=O)OCc1c(F)cccc1Cl. The van der Waals surface area contributed by atoms with Crippen LogP contribution >= 0.6 is 11.6 Å². The number of hydrogen-bond acceptors (Lipinski definition) is 5. The molecule has 11 heteroatoms. The Morgan fingerprint density at radius 1 is 1.32 bits per heavy atom. The van der Waals surface area contributed by atoms with Gasteiger partial charge in [0, 0.05) is 11.6 Å².